The summed E-state index contributed by atoms with van der Waals surface area (Å²) in [4.78, 5) is 35.9. The standard InChI is InChI=1S/C24H28N2O5S/c1-15(22(27)26-21(23(28)29)11-12-32-2)13-25-24(30)31-14-20-18-9-5-3-7-16(18)17-8-4-6-10-19(17)20/h3-10,15,20-21H,11-14H2,1-2H3,(H,25,30)(H,26,27)(H,28,29)/t15?,21-/m1/s1. The van der Waals surface area contributed by atoms with E-state index < -0.39 is 29.9 Å². The molecule has 0 fully saturated rings. The minimum atomic E-state index is -1.07. The first kappa shape index (κ1) is 23.7. The van der Waals surface area contributed by atoms with Gasteiger partial charge in [0, 0.05) is 12.5 Å². The lowest BCUT2D eigenvalue weighted by atomic mass is 9.98. The van der Waals surface area contributed by atoms with Gasteiger partial charge in [-0.25, -0.2) is 9.59 Å². The first-order chi connectivity index (χ1) is 15.4. The van der Waals surface area contributed by atoms with Gasteiger partial charge in [0.05, 0.1) is 5.92 Å². The molecule has 0 saturated carbocycles. The fourth-order valence-corrected chi connectivity index (χ4v) is 4.26. The number of rotatable bonds is 10. The number of carboxylic acid groups (broad SMARTS) is 1. The van der Waals surface area contributed by atoms with Crippen LogP contribution in [0.25, 0.3) is 11.1 Å². The Balaban J connectivity index is 1.50. The summed E-state index contributed by atoms with van der Waals surface area (Å²) in [5.41, 5.74) is 4.55. The maximum Gasteiger partial charge on any atom is 0.407 e. The third-order valence-corrected chi connectivity index (χ3v) is 6.21. The van der Waals surface area contributed by atoms with Crippen LogP contribution in [0, 0.1) is 5.92 Å². The fourth-order valence-electron chi connectivity index (χ4n) is 3.79. The Morgan fingerprint density at radius 1 is 1.06 bits per heavy atom. The third kappa shape index (κ3) is 5.62. The first-order valence-electron chi connectivity index (χ1n) is 10.5. The molecule has 0 aliphatic heterocycles. The van der Waals surface area contributed by atoms with Crippen molar-refractivity contribution in [3.8, 4) is 11.1 Å². The first-order valence-corrected chi connectivity index (χ1v) is 11.9. The molecule has 0 radical (unpaired) electrons. The Morgan fingerprint density at radius 3 is 2.22 bits per heavy atom. The van der Waals surface area contributed by atoms with Crippen molar-refractivity contribution in [3.63, 3.8) is 0 Å². The van der Waals surface area contributed by atoms with Crippen molar-refractivity contribution in [3.05, 3.63) is 59.7 Å². The number of alkyl carbamates (subject to hydrolysis) is 1. The molecule has 1 aliphatic carbocycles. The van der Waals surface area contributed by atoms with Crippen molar-refractivity contribution in [1.29, 1.82) is 0 Å². The van der Waals surface area contributed by atoms with E-state index in [-0.39, 0.29) is 19.1 Å². The molecule has 3 rings (SSSR count). The molecule has 0 heterocycles. The van der Waals surface area contributed by atoms with Gasteiger partial charge in [-0.2, -0.15) is 11.8 Å². The lowest BCUT2D eigenvalue weighted by Crippen LogP contribution is -2.45. The molecule has 0 saturated heterocycles. The Bertz CT molecular complexity index is 935. The number of fused-ring (bicyclic) bond motifs is 3. The molecular weight excluding hydrogens is 428 g/mol. The van der Waals surface area contributed by atoms with Gasteiger partial charge >= 0.3 is 12.1 Å². The minimum absolute atomic E-state index is 0.0402. The van der Waals surface area contributed by atoms with Crippen molar-refractivity contribution in [2.75, 3.05) is 25.2 Å². The summed E-state index contributed by atoms with van der Waals surface area (Å²) < 4.78 is 5.46. The monoisotopic (exact) mass is 456 g/mol. The van der Waals surface area contributed by atoms with Gasteiger partial charge in [-0.15, -0.1) is 0 Å². The van der Waals surface area contributed by atoms with E-state index in [4.69, 9.17) is 4.74 Å². The van der Waals surface area contributed by atoms with Crippen molar-refractivity contribution >= 4 is 29.7 Å². The summed E-state index contributed by atoms with van der Waals surface area (Å²) in [7, 11) is 0. The average Bonchev–Trinajstić information content (AvgIpc) is 3.12. The number of benzene rings is 2. The van der Waals surface area contributed by atoms with Crippen LogP contribution in [0.1, 0.15) is 30.4 Å². The number of thioether (sulfide) groups is 1. The number of amides is 2. The molecule has 1 aliphatic rings. The summed E-state index contributed by atoms with van der Waals surface area (Å²) in [5.74, 6) is -1.49. The zero-order chi connectivity index (χ0) is 23.1. The van der Waals surface area contributed by atoms with E-state index in [0.29, 0.717) is 12.2 Å². The Kier molecular flexibility index (Phi) is 8.16. The van der Waals surface area contributed by atoms with Crippen LogP contribution in [0.4, 0.5) is 4.79 Å². The quantitative estimate of drug-likeness (QED) is 0.506. The molecule has 0 spiro atoms. The van der Waals surface area contributed by atoms with Gasteiger partial charge in [0.1, 0.15) is 12.6 Å². The topological polar surface area (TPSA) is 105 Å². The summed E-state index contributed by atoms with van der Waals surface area (Å²) in [6, 6.07) is 15.2. The zero-order valence-corrected chi connectivity index (χ0v) is 19.0. The second kappa shape index (κ2) is 11.0. The van der Waals surface area contributed by atoms with Crippen LogP contribution in [0.15, 0.2) is 48.5 Å². The number of nitrogens with one attached hydrogen (secondary N) is 2. The number of ether oxygens (including phenoxy) is 1. The molecule has 3 N–H and O–H groups in total. The van der Waals surface area contributed by atoms with Gasteiger partial charge in [0.15, 0.2) is 0 Å². The van der Waals surface area contributed by atoms with Crippen molar-refractivity contribution in [2.24, 2.45) is 5.92 Å². The molecule has 8 heteroatoms. The molecule has 0 bridgehead atoms. The van der Waals surface area contributed by atoms with Gasteiger partial charge < -0.3 is 20.5 Å². The van der Waals surface area contributed by atoms with Gasteiger partial charge in [0.2, 0.25) is 5.91 Å². The molecule has 2 amide bonds. The maximum absolute atomic E-state index is 12.3. The van der Waals surface area contributed by atoms with Gasteiger partial charge in [-0.1, -0.05) is 55.5 Å². The number of hydrogen-bond acceptors (Lipinski definition) is 5. The normalized spacial score (nSPS) is 14.1. The van der Waals surface area contributed by atoms with E-state index in [2.05, 4.69) is 22.8 Å². The highest BCUT2D eigenvalue weighted by Crippen LogP contribution is 2.44. The van der Waals surface area contributed by atoms with Crippen molar-refractivity contribution < 1.29 is 24.2 Å². The zero-order valence-electron chi connectivity index (χ0n) is 18.2. The van der Waals surface area contributed by atoms with E-state index in [1.165, 1.54) is 11.8 Å². The molecule has 7 nitrogen and oxygen atoms in total. The van der Waals surface area contributed by atoms with Gasteiger partial charge in [-0.3, -0.25) is 4.79 Å². The van der Waals surface area contributed by atoms with Crippen LogP contribution in [-0.4, -0.2) is 54.3 Å². The van der Waals surface area contributed by atoms with E-state index in [9.17, 15) is 19.5 Å². The van der Waals surface area contributed by atoms with E-state index in [1.54, 1.807) is 6.92 Å². The number of aliphatic carboxylic acids is 1. The van der Waals surface area contributed by atoms with Crippen LogP contribution in [0.2, 0.25) is 0 Å². The van der Waals surface area contributed by atoms with Gasteiger partial charge in [-0.05, 0) is 40.7 Å². The molecule has 0 aromatic heterocycles. The predicted molar refractivity (Wildman–Crippen MR) is 125 cm³/mol. The number of carbonyl (C=O) groups excluding carboxylic acids is 2. The molecule has 2 atom stereocenters. The summed E-state index contributed by atoms with van der Waals surface area (Å²) >= 11 is 1.52. The largest absolute Gasteiger partial charge is 0.480 e. The average molecular weight is 457 g/mol. The smallest absolute Gasteiger partial charge is 0.407 e. The molecule has 2 aromatic rings. The maximum atomic E-state index is 12.3. The Hall–Kier alpha value is -3.00. The van der Waals surface area contributed by atoms with E-state index in [1.807, 2.05) is 42.7 Å². The minimum Gasteiger partial charge on any atom is -0.480 e. The molecule has 32 heavy (non-hydrogen) atoms. The molecule has 2 aromatic carbocycles. The summed E-state index contributed by atoms with van der Waals surface area (Å²) in [6.07, 6.45) is 1.61. The van der Waals surface area contributed by atoms with Crippen LogP contribution in [-0.2, 0) is 14.3 Å². The molecule has 1 unspecified atom stereocenters. The lowest BCUT2D eigenvalue weighted by Gasteiger charge is -2.18. The van der Waals surface area contributed by atoms with Crippen LogP contribution in [0.5, 0.6) is 0 Å². The molecular formula is C24H28N2O5S. The highest BCUT2D eigenvalue weighted by atomic mass is 32.2. The van der Waals surface area contributed by atoms with Gasteiger partial charge in [0.25, 0.3) is 0 Å². The van der Waals surface area contributed by atoms with E-state index in [0.717, 1.165) is 22.3 Å². The Morgan fingerprint density at radius 2 is 1.66 bits per heavy atom. The fraction of sp³-hybridized carbons (Fsp3) is 0.375. The number of carbonyl (C=O) groups is 3. The summed E-state index contributed by atoms with van der Waals surface area (Å²) in [6.45, 7) is 1.88. The van der Waals surface area contributed by atoms with E-state index >= 15 is 0 Å². The third-order valence-electron chi connectivity index (χ3n) is 5.57. The second-order valence-corrected chi connectivity index (χ2v) is 8.77. The van der Waals surface area contributed by atoms with Crippen LogP contribution < -0.4 is 10.6 Å². The number of hydrogen-bond donors (Lipinski definition) is 3. The highest BCUT2D eigenvalue weighted by Gasteiger charge is 2.29. The Labute approximate surface area is 191 Å². The van der Waals surface area contributed by atoms with Crippen LogP contribution in [0.3, 0.4) is 0 Å². The second-order valence-electron chi connectivity index (χ2n) is 7.79. The molecule has 170 valence electrons. The van der Waals surface area contributed by atoms with Crippen molar-refractivity contribution in [2.45, 2.75) is 25.3 Å². The predicted octanol–water partition coefficient (Wildman–Crippen LogP) is 3.48. The highest BCUT2D eigenvalue weighted by molar-refractivity contribution is 7.98. The summed E-state index contributed by atoms with van der Waals surface area (Å²) in [5, 5.41) is 14.4. The van der Waals surface area contributed by atoms with Crippen molar-refractivity contribution in [1.82, 2.24) is 10.6 Å². The lowest BCUT2D eigenvalue weighted by molar-refractivity contribution is -0.142. The number of carboxylic acids is 1. The SMILES string of the molecule is CSCC[C@@H](NC(=O)C(C)CNC(=O)OCC1c2ccccc2-c2ccccc21)C(=O)O. The van der Waals surface area contributed by atoms with Crippen LogP contribution >= 0.6 is 11.8 Å².